The molecule has 78 valence electrons. The summed E-state index contributed by atoms with van der Waals surface area (Å²) in [6.45, 7) is 0.886. The van der Waals surface area contributed by atoms with Crippen LogP contribution in [0, 0.1) is 12.3 Å². The molecule has 0 saturated heterocycles. The monoisotopic (exact) mass is 200 g/mol. The van der Waals surface area contributed by atoms with Crippen LogP contribution in [0.5, 0.6) is 0 Å². The zero-order valence-electron chi connectivity index (χ0n) is 8.87. The van der Waals surface area contributed by atoms with Gasteiger partial charge in [0.15, 0.2) is 0 Å². The van der Waals surface area contributed by atoms with Crippen LogP contribution in [0.2, 0.25) is 0 Å². The van der Waals surface area contributed by atoms with Gasteiger partial charge in [-0.15, -0.1) is 12.3 Å². The molecule has 1 N–H and O–H groups in total. The first-order valence-corrected chi connectivity index (χ1v) is 5.52. The Morgan fingerprint density at radius 3 is 3.40 bits per heavy atom. The van der Waals surface area contributed by atoms with E-state index in [0.717, 1.165) is 19.4 Å². The number of aryl methyl sites for hydroxylation is 1. The van der Waals surface area contributed by atoms with Gasteiger partial charge in [-0.25, -0.2) is 0 Å². The van der Waals surface area contributed by atoms with Crippen LogP contribution in [0.4, 0.5) is 0 Å². The summed E-state index contributed by atoms with van der Waals surface area (Å²) in [5, 5.41) is 3.47. The van der Waals surface area contributed by atoms with Gasteiger partial charge in [-0.1, -0.05) is 6.07 Å². The Morgan fingerprint density at radius 1 is 1.60 bits per heavy atom. The van der Waals surface area contributed by atoms with Gasteiger partial charge in [0.05, 0.1) is 5.69 Å². The molecule has 1 aliphatic carbocycles. The van der Waals surface area contributed by atoms with E-state index in [1.165, 1.54) is 24.1 Å². The minimum atomic E-state index is 0.406. The highest BCUT2D eigenvalue weighted by atomic mass is 14.9. The normalized spacial score (nSPS) is 19.3. The minimum absolute atomic E-state index is 0.406. The van der Waals surface area contributed by atoms with Crippen LogP contribution >= 0.6 is 0 Å². The van der Waals surface area contributed by atoms with Gasteiger partial charge in [0, 0.05) is 25.2 Å². The molecule has 1 unspecified atom stereocenters. The standard InChI is InChI=1S/C13H16N2/c1-2-3-9-14-12-8-4-6-11-7-5-10-15-13(11)12/h1,5,7,10,12,14H,3-4,6,8-9H2. The molecule has 2 nitrogen and oxygen atoms in total. The SMILES string of the molecule is C#CCCNC1CCCc2cccnc21. The van der Waals surface area contributed by atoms with Crippen molar-refractivity contribution in [3.8, 4) is 12.3 Å². The maximum atomic E-state index is 5.23. The molecule has 0 amide bonds. The third-order valence-corrected chi connectivity index (χ3v) is 2.86. The second-order valence-electron chi connectivity index (χ2n) is 3.90. The maximum absolute atomic E-state index is 5.23. The summed E-state index contributed by atoms with van der Waals surface area (Å²) in [5.74, 6) is 2.65. The Kier molecular flexibility index (Phi) is 3.37. The Morgan fingerprint density at radius 2 is 2.53 bits per heavy atom. The van der Waals surface area contributed by atoms with Crippen molar-refractivity contribution in [2.24, 2.45) is 0 Å². The number of rotatable bonds is 3. The first kappa shape index (κ1) is 10.2. The van der Waals surface area contributed by atoms with Gasteiger partial charge in [-0.05, 0) is 30.9 Å². The van der Waals surface area contributed by atoms with Crippen LogP contribution in [-0.4, -0.2) is 11.5 Å². The summed E-state index contributed by atoms with van der Waals surface area (Å²) in [5.41, 5.74) is 2.61. The predicted molar refractivity (Wildman–Crippen MR) is 61.4 cm³/mol. The molecule has 1 atom stereocenters. The first-order valence-electron chi connectivity index (χ1n) is 5.52. The molecule has 2 rings (SSSR count). The minimum Gasteiger partial charge on any atom is -0.308 e. The fraction of sp³-hybridized carbons (Fsp3) is 0.462. The number of hydrogen-bond acceptors (Lipinski definition) is 2. The van der Waals surface area contributed by atoms with Crippen LogP contribution in [0.15, 0.2) is 18.3 Å². The van der Waals surface area contributed by atoms with Crippen LogP contribution < -0.4 is 5.32 Å². The van der Waals surface area contributed by atoms with E-state index < -0.39 is 0 Å². The Balaban J connectivity index is 2.06. The summed E-state index contributed by atoms with van der Waals surface area (Å²) in [7, 11) is 0. The van der Waals surface area contributed by atoms with Crippen molar-refractivity contribution < 1.29 is 0 Å². The molecule has 1 aromatic heterocycles. The highest BCUT2D eigenvalue weighted by Gasteiger charge is 2.19. The largest absolute Gasteiger partial charge is 0.308 e. The third-order valence-electron chi connectivity index (χ3n) is 2.86. The molecular formula is C13H16N2. The fourth-order valence-corrected chi connectivity index (χ4v) is 2.13. The molecule has 0 bridgehead atoms. The Hall–Kier alpha value is -1.33. The van der Waals surface area contributed by atoms with Crippen LogP contribution in [0.1, 0.15) is 36.6 Å². The van der Waals surface area contributed by atoms with Gasteiger partial charge in [0.1, 0.15) is 0 Å². The van der Waals surface area contributed by atoms with Crippen LogP contribution in [-0.2, 0) is 6.42 Å². The van der Waals surface area contributed by atoms with Gasteiger partial charge in [0.2, 0.25) is 0 Å². The number of hydrogen-bond donors (Lipinski definition) is 1. The van der Waals surface area contributed by atoms with E-state index >= 15 is 0 Å². The lowest BCUT2D eigenvalue weighted by molar-refractivity contribution is 0.454. The lowest BCUT2D eigenvalue weighted by Crippen LogP contribution is -2.26. The summed E-state index contributed by atoms with van der Waals surface area (Å²) >= 11 is 0. The van der Waals surface area contributed by atoms with Crippen molar-refractivity contribution in [2.75, 3.05) is 6.54 Å². The summed E-state index contributed by atoms with van der Waals surface area (Å²) < 4.78 is 0. The summed E-state index contributed by atoms with van der Waals surface area (Å²) in [6, 6.07) is 4.60. The van der Waals surface area contributed by atoms with Crippen molar-refractivity contribution in [1.82, 2.24) is 10.3 Å². The highest BCUT2D eigenvalue weighted by Crippen LogP contribution is 2.27. The van der Waals surface area contributed by atoms with Gasteiger partial charge in [-0.3, -0.25) is 4.98 Å². The van der Waals surface area contributed by atoms with Crippen LogP contribution in [0.3, 0.4) is 0 Å². The quantitative estimate of drug-likeness (QED) is 0.597. The zero-order chi connectivity index (χ0) is 10.5. The molecule has 1 aliphatic rings. The van der Waals surface area contributed by atoms with Gasteiger partial charge < -0.3 is 5.32 Å². The number of nitrogens with one attached hydrogen (secondary N) is 1. The maximum Gasteiger partial charge on any atom is 0.0605 e. The molecular weight excluding hydrogens is 184 g/mol. The van der Waals surface area contributed by atoms with E-state index in [9.17, 15) is 0 Å². The van der Waals surface area contributed by atoms with E-state index in [0.29, 0.717) is 6.04 Å². The molecule has 1 heterocycles. The van der Waals surface area contributed by atoms with Crippen LogP contribution in [0.25, 0.3) is 0 Å². The van der Waals surface area contributed by atoms with Gasteiger partial charge >= 0.3 is 0 Å². The van der Waals surface area contributed by atoms with Crippen molar-refractivity contribution in [3.63, 3.8) is 0 Å². The highest BCUT2D eigenvalue weighted by molar-refractivity contribution is 5.25. The number of terminal acetylenes is 1. The van der Waals surface area contributed by atoms with E-state index in [4.69, 9.17) is 6.42 Å². The smallest absolute Gasteiger partial charge is 0.0605 e. The molecule has 0 saturated carbocycles. The summed E-state index contributed by atoms with van der Waals surface area (Å²) in [4.78, 5) is 4.47. The summed E-state index contributed by atoms with van der Waals surface area (Å²) in [6.07, 6.45) is 11.5. The van der Waals surface area contributed by atoms with Crippen molar-refractivity contribution in [2.45, 2.75) is 31.7 Å². The van der Waals surface area contributed by atoms with Crippen molar-refractivity contribution in [3.05, 3.63) is 29.6 Å². The molecule has 1 aromatic rings. The number of pyridine rings is 1. The molecule has 15 heavy (non-hydrogen) atoms. The molecule has 0 aliphatic heterocycles. The molecule has 0 fully saturated rings. The zero-order valence-corrected chi connectivity index (χ0v) is 8.87. The average Bonchev–Trinajstić information content (AvgIpc) is 2.30. The van der Waals surface area contributed by atoms with Crippen molar-refractivity contribution >= 4 is 0 Å². The first-order chi connectivity index (χ1) is 7.42. The number of aromatic nitrogens is 1. The third kappa shape index (κ3) is 2.37. The Bertz CT molecular complexity index is 365. The average molecular weight is 200 g/mol. The lowest BCUT2D eigenvalue weighted by atomic mass is 9.92. The van der Waals surface area contributed by atoms with Gasteiger partial charge in [0.25, 0.3) is 0 Å². The van der Waals surface area contributed by atoms with E-state index in [1.54, 1.807) is 0 Å². The van der Waals surface area contributed by atoms with E-state index in [1.807, 2.05) is 12.3 Å². The Labute approximate surface area is 91.1 Å². The molecule has 2 heteroatoms. The molecule has 0 spiro atoms. The molecule has 0 radical (unpaired) electrons. The topological polar surface area (TPSA) is 24.9 Å². The van der Waals surface area contributed by atoms with E-state index in [-0.39, 0.29) is 0 Å². The second kappa shape index (κ2) is 4.95. The fourth-order valence-electron chi connectivity index (χ4n) is 2.13. The van der Waals surface area contributed by atoms with E-state index in [2.05, 4.69) is 22.3 Å². The predicted octanol–water partition coefficient (Wildman–Crippen LogP) is 2.07. The number of nitrogens with zero attached hydrogens (tertiary/aromatic N) is 1. The molecule has 0 aromatic carbocycles. The van der Waals surface area contributed by atoms with Crippen molar-refractivity contribution in [1.29, 1.82) is 0 Å². The van der Waals surface area contributed by atoms with Gasteiger partial charge in [-0.2, -0.15) is 0 Å². The lowest BCUT2D eigenvalue weighted by Gasteiger charge is -2.24. The second-order valence-corrected chi connectivity index (χ2v) is 3.90. The number of fused-ring (bicyclic) bond motifs is 1.